The highest BCUT2D eigenvalue weighted by atomic mass is 16.5. The highest BCUT2D eigenvalue weighted by molar-refractivity contribution is 5.73. The summed E-state index contributed by atoms with van der Waals surface area (Å²) in [5.41, 5.74) is 1.78. The number of carboxylic acid groups (broad SMARTS) is 1. The van der Waals surface area contributed by atoms with Crippen LogP contribution in [0.2, 0.25) is 0 Å². The average Bonchev–Trinajstić information content (AvgIpc) is 2.61. The smallest absolute Gasteiger partial charge is 0.309 e. The predicted molar refractivity (Wildman–Crippen MR) is 113 cm³/mol. The van der Waals surface area contributed by atoms with E-state index in [2.05, 4.69) is 24.3 Å². The number of unbranched alkanes of at least 4 members (excludes halogenated alkanes) is 4. The minimum Gasteiger partial charge on any atom is -0.481 e. The first-order valence-electron chi connectivity index (χ1n) is 10.6. The Morgan fingerprint density at radius 3 is 1.96 bits per heavy atom. The van der Waals surface area contributed by atoms with Crippen molar-refractivity contribution in [3.63, 3.8) is 0 Å². The second kappa shape index (κ2) is 11.9. The van der Waals surface area contributed by atoms with E-state index in [0.717, 1.165) is 64.2 Å². The molecule has 0 saturated heterocycles. The molecule has 0 bridgehead atoms. The molecule has 0 saturated carbocycles. The second-order valence-corrected chi connectivity index (χ2v) is 9.10. The van der Waals surface area contributed by atoms with E-state index in [0.29, 0.717) is 6.47 Å². The Balaban J connectivity index is 2.25. The zero-order valence-electron chi connectivity index (χ0n) is 18.1. The summed E-state index contributed by atoms with van der Waals surface area (Å²) < 4.78 is 5.09. The van der Waals surface area contributed by atoms with Crippen molar-refractivity contribution in [2.45, 2.75) is 97.5 Å². The van der Waals surface area contributed by atoms with Crippen LogP contribution in [0.1, 0.15) is 90.2 Å². The van der Waals surface area contributed by atoms with Gasteiger partial charge in [-0.2, -0.15) is 0 Å². The highest BCUT2D eigenvalue weighted by Gasteiger charge is 2.25. The maximum atomic E-state index is 11.1. The SMILES string of the molecule is CC(C)(CCCCCc1cccc(CCCCCC(C)(C)C(=O)O)c1)OC=O. The Morgan fingerprint density at radius 2 is 1.46 bits per heavy atom. The third-order valence-electron chi connectivity index (χ3n) is 5.45. The van der Waals surface area contributed by atoms with E-state index in [4.69, 9.17) is 9.84 Å². The maximum absolute atomic E-state index is 11.1. The topological polar surface area (TPSA) is 63.6 Å². The number of carbonyl (C=O) groups is 2. The number of benzene rings is 1. The largest absolute Gasteiger partial charge is 0.481 e. The molecule has 4 heteroatoms. The average molecular weight is 391 g/mol. The minimum atomic E-state index is -0.708. The number of aliphatic carboxylic acids is 1. The molecule has 0 amide bonds. The van der Waals surface area contributed by atoms with Crippen LogP contribution < -0.4 is 0 Å². The molecule has 158 valence electrons. The van der Waals surface area contributed by atoms with Gasteiger partial charge in [0.15, 0.2) is 0 Å². The van der Waals surface area contributed by atoms with Crippen LogP contribution in [0.15, 0.2) is 24.3 Å². The van der Waals surface area contributed by atoms with E-state index in [1.807, 2.05) is 13.8 Å². The van der Waals surface area contributed by atoms with E-state index in [1.165, 1.54) is 11.1 Å². The number of hydrogen-bond acceptors (Lipinski definition) is 3. The van der Waals surface area contributed by atoms with Crippen LogP contribution in [-0.2, 0) is 27.2 Å². The fourth-order valence-corrected chi connectivity index (χ4v) is 3.37. The van der Waals surface area contributed by atoms with Crippen LogP contribution in [0.3, 0.4) is 0 Å². The van der Waals surface area contributed by atoms with Gasteiger partial charge in [-0.15, -0.1) is 0 Å². The van der Waals surface area contributed by atoms with Gasteiger partial charge in [-0.3, -0.25) is 9.59 Å². The molecule has 0 aliphatic rings. The lowest BCUT2D eigenvalue weighted by Gasteiger charge is -2.22. The zero-order valence-corrected chi connectivity index (χ0v) is 18.1. The molecule has 0 aliphatic heterocycles. The van der Waals surface area contributed by atoms with Gasteiger partial charge in [0.05, 0.1) is 5.41 Å². The van der Waals surface area contributed by atoms with Gasteiger partial charge in [-0.1, -0.05) is 43.5 Å². The molecular weight excluding hydrogens is 352 g/mol. The fourth-order valence-electron chi connectivity index (χ4n) is 3.37. The summed E-state index contributed by atoms with van der Waals surface area (Å²) in [5.74, 6) is -0.708. The summed E-state index contributed by atoms with van der Waals surface area (Å²) >= 11 is 0. The summed E-state index contributed by atoms with van der Waals surface area (Å²) in [5, 5.41) is 9.15. The van der Waals surface area contributed by atoms with Gasteiger partial charge in [0.25, 0.3) is 6.47 Å². The van der Waals surface area contributed by atoms with Gasteiger partial charge >= 0.3 is 5.97 Å². The number of hydrogen-bond donors (Lipinski definition) is 1. The van der Waals surface area contributed by atoms with Crippen molar-refractivity contribution >= 4 is 12.4 Å². The molecule has 0 spiro atoms. The van der Waals surface area contributed by atoms with Crippen LogP contribution in [-0.4, -0.2) is 23.1 Å². The Labute approximate surface area is 170 Å². The summed E-state index contributed by atoms with van der Waals surface area (Å²) in [6.07, 6.45) is 10.2. The zero-order chi connectivity index (χ0) is 21.0. The molecule has 0 fully saturated rings. The van der Waals surface area contributed by atoms with E-state index < -0.39 is 11.4 Å². The van der Waals surface area contributed by atoms with Gasteiger partial charge < -0.3 is 9.84 Å². The van der Waals surface area contributed by atoms with Crippen LogP contribution in [0, 0.1) is 5.41 Å². The lowest BCUT2D eigenvalue weighted by Crippen LogP contribution is -2.23. The van der Waals surface area contributed by atoms with E-state index in [1.54, 1.807) is 13.8 Å². The van der Waals surface area contributed by atoms with Gasteiger partial charge in [-0.25, -0.2) is 0 Å². The molecular formula is C24H38O4. The van der Waals surface area contributed by atoms with Crippen LogP contribution in [0.25, 0.3) is 0 Å². The minimum absolute atomic E-state index is 0.360. The molecule has 4 nitrogen and oxygen atoms in total. The van der Waals surface area contributed by atoms with E-state index in [-0.39, 0.29) is 5.60 Å². The van der Waals surface area contributed by atoms with Crippen molar-refractivity contribution in [3.05, 3.63) is 35.4 Å². The standard InChI is InChI=1S/C24H38O4/c1-23(2,22(26)27)16-9-5-7-12-20-14-11-15-21(18-20)13-8-6-10-17-24(3,4)28-19-25/h11,14-15,18-19H,5-10,12-13,16-17H2,1-4H3,(H,26,27). The number of rotatable bonds is 15. The van der Waals surface area contributed by atoms with Crippen molar-refractivity contribution in [1.29, 1.82) is 0 Å². The van der Waals surface area contributed by atoms with Crippen molar-refractivity contribution in [1.82, 2.24) is 0 Å². The monoisotopic (exact) mass is 390 g/mol. The molecule has 1 aromatic rings. The molecule has 1 rings (SSSR count). The summed E-state index contributed by atoms with van der Waals surface area (Å²) in [6.45, 7) is 8.05. The highest BCUT2D eigenvalue weighted by Crippen LogP contribution is 2.24. The Hall–Kier alpha value is -1.84. The van der Waals surface area contributed by atoms with Gasteiger partial charge in [0, 0.05) is 0 Å². The number of carbonyl (C=O) groups excluding carboxylic acids is 1. The van der Waals surface area contributed by atoms with E-state index in [9.17, 15) is 9.59 Å². The maximum Gasteiger partial charge on any atom is 0.309 e. The van der Waals surface area contributed by atoms with E-state index >= 15 is 0 Å². The van der Waals surface area contributed by atoms with Crippen LogP contribution >= 0.6 is 0 Å². The molecule has 0 aliphatic carbocycles. The quantitative estimate of drug-likeness (QED) is 0.297. The molecule has 0 heterocycles. The van der Waals surface area contributed by atoms with Crippen molar-refractivity contribution < 1.29 is 19.4 Å². The van der Waals surface area contributed by atoms with Gasteiger partial charge in [0.2, 0.25) is 0 Å². The summed E-state index contributed by atoms with van der Waals surface area (Å²) in [6, 6.07) is 8.82. The predicted octanol–water partition coefficient (Wildman–Crippen LogP) is 5.95. The number of ether oxygens (including phenoxy) is 1. The Morgan fingerprint density at radius 1 is 0.929 bits per heavy atom. The molecule has 0 atom stereocenters. The van der Waals surface area contributed by atoms with Crippen molar-refractivity contribution in [2.75, 3.05) is 0 Å². The summed E-state index contributed by atoms with van der Waals surface area (Å²) in [7, 11) is 0. The molecule has 0 unspecified atom stereocenters. The van der Waals surface area contributed by atoms with Gasteiger partial charge in [-0.05, 0) is 83.8 Å². The first-order chi connectivity index (χ1) is 13.2. The third-order valence-corrected chi connectivity index (χ3v) is 5.45. The molecule has 0 aromatic heterocycles. The number of aryl methyl sites for hydroxylation is 2. The lowest BCUT2D eigenvalue weighted by atomic mass is 9.87. The first-order valence-corrected chi connectivity index (χ1v) is 10.6. The Bertz CT molecular complexity index is 604. The Kier molecular flexibility index (Phi) is 10.3. The number of carboxylic acids is 1. The normalized spacial score (nSPS) is 12.0. The van der Waals surface area contributed by atoms with Crippen molar-refractivity contribution in [3.8, 4) is 0 Å². The first kappa shape index (κ1) is 24.2. The molecule has 1 aromatic carbocycles. The molecule has 1 N–H and O–H groups in total. The molecule has 28 heavy (non-hydrogen) atoms. The van der Waals surface area contributed by atoms with Gasteiger partial charge in [0.1, 0.15) is 5.60 Å². The lowest BCUT2D eigenvalue weighted by molar-refractivity contribution is -0.147. The van der Waals surface area contributed by atoms with Crippen LogP contribution in [0.4, 0.5) is 0 Å². The summed E-state index contributed by atoms with van der Waals surface area (Å²) in [4.78, 5) is 21.6. The van der Waals surface area contributed by atoms with Crippen LogP contribution in [0.5, 0.6) is 0 Å². The molecule has 0 radical (unpaired) electrons. The van der Waals surface area contributed by atoms with Crippen molar-refractivity contribution in [2.24, 2.45) is 5.41 Å². The second-order valence-electron chi connectivity index (χ2n) is 9.10. The fraction of sp³-hybridized carbons (Fsp3) is 0.667. The third kappa shape index (κ3) is 9.91.